The van der Waals surface area contributed by atoms with Crippen LogP contribution in [0.15, 0.2) is 72.6 Å². The summed E-state index contributed by atoms with van der Waals surface area (Å²) in [5, 5.41) is 1.04. The molecular formula is C28H23NO6. The number of benzene rings is 3. The average molecular weight is 469 g/mol. The van der Waals surface area contributed by atoms with E-state index in [-0.39, 0.29) is 17.3 Å². The Hall–Kier alpha value is -4.52. The second-order valence-electron chi connectivity index (χ2n) is 7.94. The van der Waals surface area contributed by atoms with Gasteiger partial charge >= 0.3 is 5.97 Å². The number of hydrogen-bond donors (Lipinski definition) is 0. The molecule has 0 saturated carbocycles. The summed E-state index contributed by atoms with van der Waals surface area (Å²) in [5.74, 6) is 0.976. The fraction of sp³-hybridized carbons (Fsp3) is 0.143. The van der Waals surface area contributed by atoms with Crippen LogP contribution in [0.1, 0.15) is 33.2 Å². The van der Waals surface area contributed by atoms with Crippen LogP contribution >= 0.6 is 0 Å². The fourth-order valence-electron chi connectivity index (χ4n) is 4.15. The minimum Gasteiger partial charge on any atom is -0.493 e. The zero-order chi connectivity index (χ0) is 24.5. The third kappa shape index (κ3) is 4.01. The molecule has 1 aliphatic rings. The van der Waals surface area contributed by atoms with Gasteiger partial charge in [-0.2, -0.15) is 0 Å². The summed E-state index contributed by atoms with van der Waals surface area (Å²) in [4.78, 5) is 25.6. The zero-order valence-corrected chi connectivity index (χ0v) is 19.5. The quantitative estimate of drug-likeness (QED) is 0.210. The highest BCUT2D eigenvalue weighted by Gasteiger charge is 2.28. The number of carbonyl (C=O) groups is 2. The molecule has 2 heterocycles. The summed E-state index contributed by atoms with van der Waals surface area (Å²) in [6, 6.07) is 17.5. The molecule has 1 aliphatic heterocycles. The number of nitrogens with zero attached hydrogens (tertiary/aromatic N) is 1. The second-order valence-corrected chi connectivity index (χ2v) is 7.94. The first-order chi connectivity index (χ1) is 17.0. The Labute approximate surface area is 202 Å². The lowest BCUT2D eigenvalue weighted by atomic mass is 10.1. The average Bonchev–Trinajstić information content (AvgIpc) is 3.40. The van der Waals surface area contributed by atoms with Crippen LogP contribution in [0.2, 0.25) is 0 Å². The van der Waals surface area contributed by atoms with Crippen LogP contribution in [-0.4, -0.2) is 30.5 Å². The molecule has 0 spiro atoms. The van der Waals surface area contributed by atoms with E-state index in [1.54, 1.807) is 42.5 Å². The molecule has 0 saturated heterocycles. The van der Waals surface area contributed by atoms with E-state index < -0.39 is 5.97 Å². The van der Waals surface area contributed by atoms with Crippen LogP contribution < -0.4 is 18.9 Å². The van der Waals surface area contributed by atoms with E-state index in [0.717, 1.165) is 23.0 Å². The van der Waals surface area contributed by atoms with Gasteiger partial charge in [-0.15, -0.1) is 0 Å². The van der Waals surface area contributed by atoms with Gasteiger partial charge in [0.05, 0.1) is 25.3 Å². The van der Waals surface area contributed by atoms with Gasteiger partial charge in [0.25, 0.3) is 0 Å². The van der Waals surface area contributed by atoms with Crippen molar-refractivity contribution in [2.24, 2.45) is 0 Å². The van der Waals surface area contributed by atoms with Crippen LogP contribution in [-0.2, 0) is 6.54 Å². The Morgan fingerprint density at radius 2 is 1.80 bits per heavy atom. The molecule has 4 aromatic rings. The van der Waals surface area contributed by atoms with Gasteiger partial charge in [-0.25, -0.2) is 4.79 Å². The van der Waals surface area contributed by atoms with Crippen LogP contribution in [0, 0.1) is 0 Å². The second kappa shape index (κ2) is 9.02. The van der Waals surface area contributed by atoms with Crippen molar-refractivity contribution in [2.75, 3.05) is 14.2 Å². The van der Waals surface area contributed by atoms with Gasteiger partial charge in [-0.3, -0.25) is 4.79 Å². The molecule has 1 aromatic heterocycles. The number of Topliss-reactive ketones (excluding diaryl/α,β-unsaturated/α-hetero) is 1. The van der Waals surface area contributed by atoms with Crippen molar-refractivity contribution in [2.45, 2.75) is 13.5 Å². The third-order valence-electron chi connectivity index (χ3n) is 5.92. The number of para-hydroxylation sites is 1. The summed E-state index contributed by atoms with van der Waals surface area (Å²) in [6.45, 7) is 2.88. The molecule has 0 unspecified atom stereocenters. The molecule has 0 radical (unpaired) electrons. The van der Waals surface area contributed by atoms with Crippen molar-refractivity contribution >= 4 is 28.7 Å². The number of rotatable bonds is 6. The van der Waals surface area contributed by atoms with Crippen molar-refractivity contribution < 1.29 is 28.5 Å². The van der Waals surface area contributed by atoms with Gasteiger partial charge in [0, 0.05) is 35.3 Å². The molecule has 176 valence electrons. The van der Waals surface area contributed by atoms with Gasteiger partial charge < -0.3 is 23.5 Å². The maximum Gasteiger partial charge on any atom is 0.343 e. The summed E-state index contributed by atoms with van der Waals surface area (Å²) < 4.78 is 24.0. The smallest absolute Gasteiger partial charge is 0.343 e. The number of fused-ring (bicyclic) bond motifs is 2. The molecule has 35 heavy (non-hydrogen) atoms. The van der Waals surface area contributed by atoms with Crippen LogP contribution in [0.4, 0.5) is 0 Å². The predicted octanol–water partition coefficient (Wildman–Crippen LogP) is 5.51. The first-order valence-electron chi connectivity index (χ1n) is 11.1. The number of methoxy groups -OCH3 is 2. The highest BCUT2D eigenvalue weighted by Crippen LogP contribution is 2.36. The highest BCUT2D eigenvalue weighted by atomic mass is 16.5. The van der Waals surface area contributed by atoms with Crippen molar-refractivity contribution in [3.63, 3.8) is 0 Å². The van der Waals surface area contributed by atoms with Crippen molar-refractivity contribution in [1.29, 1.82) is 0 Å². The Morgan fingerprint density at radius 1 is 1.00 bits per heavy atom. The lowest BCUT2D eigenvalue weighted by molar-refractivity contribution is 0.0734. The number of esters is 1. The maximum absolute atomic E-state index is 13.0. The summed E-state index contributed by atoms with van der Waals surface area (Å²) >= 11 is 0. The molecule has 0 N–H and O–H groups in total. The van der Waals surface area contributed by atoms with E-state index in [1.807, 2.05) is 30.5 Å². The normalized spacial score (nSPS) is 13.6. The van der Waals surface area contributed by atoms with E-state index >= 15 is 0 Å². The van der Waals surface area contributed by atoms with E-state index in [0.29, 0.717) is 28.4 Å². The van der Waals surface area contributed by atoms with Gasteiger partial charge in [-0.05, 0) is 49.4 Å². The lowest BCUT2D eigenvalue weighted by Crippen LogP contribution is -2.09. The maximum atomic E-state index is 13.0. The van der Waals surface area contributed by atoms with Crippen molar-refractivity contribution in [1.82, 2.24) is 4.57 Å². The summed E-state index contributed by atoms with van der Waals surface area (Å²) in [6.07, 6.45) is 3.76. The summed E-state index contributed by atoms with van der Waals surface area (Å²) in [7, 11) is 3.01. The van der Waals surface area contributed by atoms with Gasteiger partial charge in [0.1, 0.15) is 11.5 Å². The topological polar surface area (TPSA) is 76.0 Å². The van der Waals surface area contributed by atoms with Crippen LogP contribution in [0.25, 0.3) is 17.0 Å². The first kappa shape index (κ1) is 22.3. The molecule has 0 atom stereocenters. The monoisotopic (exact) mass is 469 g/mol. The number of ketones is 1. The Bertz CT molecular complexity index is 1500. The van der Waals surface area contributed by atoms with E-state index in [9.17, 15) is 9.59 Å². The molecule has 7 nitrogen and oxygen atoms in total. The molecule has 0 aliphatic carbocycles. The Kier molecular flexibility index (Phi) is 5.74. The zero-order valence-electron chi connectivity index (χ0n) is 19.5. The van der Waals surface area contributed by atoms with Crippen molar-refractivity contribution in [3.8, 4) is 23.0 Å². The third-order valence-corrected chi connectivity index (χ3v) is 5.92. The summed E-state index contributed by atoms with van der Waals surface area (Å²) in [5.41, 5.74) is 2.71. The molecular weight excluding hydrogens is 446 g/mol. The number of carbonyl (C=O) groups excluding carboxylic acids is 2. The lowest BCUT2D eigenvalue weighted by Gasteiger charge is -2.10. The standard InChI is InChI=1S/C28H23NO6/c1-4-29-16-18(20-7-5-6-8-22(20)29)14-26-27(30)21-11-10-19(15-24(21)35-26)34-28(31)17-9-12-23(32-2)25(13-17)33-3/h5-16H,4H2,1-3H3. The van der Waals surface area contributed by atoms with Gasteiger partial charge in [0.15, 0.2) is 17.3 Å². The fourth-order valence-corrected chi connectivity index (χ4v) is 4.15. The number of hydrogen-bond acceptors (Lipinski definition) is 6. The van der Waals surface area contributed by atoms with Gasteiger partial charge in [0.2, 0.25) is 5.78 Å². The first-order valence-corrected chi connectivity index (χ1v) is 11.1. The molecule has 3 aromatic carbocycles. The SMILES string of the molecule is CCn1cc(C=C2Oc3cc(OC(=O)c4ccc(OC)c(OC)c4)ccc3C2=O)c2ccccc21. The molecule has 0 fully saturated rings. The molecule has 7 heteroatoms. The van der Waals surface area contributed by atoms with E-state index in [4.69, 9.17) is 18.9 Å². The molecule has 0 bridgehead atoms. The minimum atomic E-state index is -0.571. The van der Waals surface area contributed by atoms with Crippen LogP contribution in [0.3, 0.4) is 0 Å². The Morgan fingerprint density at radius 3 is 2.57 bits per heavy atom. The van der Waals surface area contributed by atoms with Gasteiger partial charge in [-0.1, -0.05) is 18.2 Å². The number of aryl methyl sites for hydroxylation is 1. The highest BCUT2D eigenvalue weighted by molar-refractivity contribution is 6.15. The van der Waals surface area contributed by atoms with Crippen molar-refractivity contribution in [3.05, 3.63) is 89.3 Å². The van der Waals surface area contributed by atoms with Crippen LogP contribution in [0.5, 0.6) is 23.0 Å². The number of ether oxygens (including phenoxy) is 4. The largest absolute Gasteiger partial charge is 0.493 e. The Balaban J connectivity index is 1.39. The van der Waals surface area contributed by atoms with E-state index in [2.05, 4.69) is 11.5 Å². The number of allylic oxidation sites excluding steroid dienone is 1. The van der Waals surface area contributed by atoms with E-state index in [1.165, 1.54) is 14.2 Å². The molecule has 5 rings (SSSR count). The minimum absolute atomic E-state index is 0.217. The number of aromatic nitrogens is 1. The molecule has 0 amide bonds. The predicted molar refractivity (Wildman–Crippen MR) is 131 cm³/mol.